The van der Waals surface area contributed by atoms with E-state index in [2.05, 4.69) is 10.3 Å². The van der Waals surface area contributed by atoms with Gasteiger partial charge in [-0.2, -0.15) is 0 Å². The van der Waals surface area contributed by atoms with E-state index < -0.39 is 34.4 Å². The van der Waals surface area contributed by atoms with Crippen LogP contribution in [0.1, 0.15) is 12.1 Å². The summed E-state index contributed by atoms with van der Waals surface area (Å²) in [6.07, 6.45) is 3.95. The predicted molar refractivity (Wildman–Crippen MR) is 82.9 cm³/mol. The van der Waals surface area contributed by atoms with Gasteiger partial charge in [0, 0.05) is 23.8 Å². The molecular weight excluding hydrogens is 342 g/mol. The van der Waals surface area contributed by atoms with Gasteiger partial charge in [0.25, 0.3) is 5.91 Å². The van der Waals surface area contributed by atoms with E-state index >= 15 is 0 Å². The molecule has 0 unspecified atom stereocenters. The number of amides is 1. The van der Waals surface area contributed by atoms with Gasteiger partial charge in [0.15, 0.2) is 21.4 Å². The van der Waals surface area contributed by atoms with E-state index in [9.17, 15) is 18.0 Å². The maximum Gasteiger partial charge on any atom is 0.312 e. The van der Waals surface area contributed by atoms with E-state index in [1.807, 2.05) is 11.6 Å². The maximum atomic E-state index is 11.7. The second kappa shape index (κ2) is 6.28. The van der Waals surface area contributed by atoms with Gasteiger partial charge < -0.3 is 10.1 Å². The van der Waals surface area contributed by atoms with Crippen molar-refractivity contribution in [3.63, 3.8) is 0 Å². The van der Waals surface area contributed by atoms with Gasteiger partial charge in [-0.25, -0.2) is 13.4 Å². The molecule has 1 amide bonds. The number of rotatable bonds is 5. The Morgan fingerprint density at radius 1 is 1.48 bits per heavy atom. The molecule has 1 aliphatic rings. The highest BCUT2D eigenvalue weighted by atomic mass is 32.2. The quantitative estimate of drug-likeness (QED) is 0.742. The number of thiazole rings is 1. The molecule has 23 heavy (non-hydrogen) atoms. The molecule has 1 atom stereocenters. The fraction of sp³-hybridized carbons (Fsp3) is 0.462. The molecule has 3 rings (SSSR count). The first-order valence-corrected chi connectivity index (χ1v) is 9.68. The van der Waals surface area contributed by atoms with Crippen LogP contribution in [0.4, 0.5) is 0 Å². The van der Waals surface area contributed by atoms with E-state index in [4.69, 9.17) is 4.74 Å². The lowest BCUT2D eigenvalue weighted by molar-refractivity contribution is -0.148. The molecule has 2 aromatic rings. The minimum absolute atomic E-state index is 0.0144. The van der Waals surface area contributed by atoms with Crippen molar-refractivity contribution in [2.45, 2.75) is 18.9 Å². The number of esters is 1. The minimum Gasteiger partial charge on any atom is -0.455 e. The van der Waals surface area contributed by atoms with Crippen molar-refractivity contribution in [2.24, 2.45) is 0 Å². The monoisotopic (exact) mass is 357 g/mol. The molecule has 0 aromatic carbocycles. The number of nitrogens with zero attached hydrogens (tertiary/aromatic N) is 2. The second-order valence-electron chi connectivity index (χ2n) is 5.33. The van der Waals surface area contributed by atoms with Crippen LogP contribution in [-0.2, 0) is 30.6 Å². The van der Waals surface area contributed by atoms with E-state index in [1.165, 1.54) is 11.3 Å². The third-order valence-corrected chi connectivity index (χ3v) is 5.97. The Hall–Kier alpha value is -1.94. The zero-order valence-electron chi connectivity index (χ0n) is 12.1. The van der Waals surface area contributed by atoms with Crippen molar-refractivity contribution in [1.29, 1.82) is 0 Å². The van der Waals surface area contributed by atoms with Crippen molar-refractivity contribution >= 4 is 38.0 Å². The van der Waals surface area contributed by atoms with Crippen LogP contribution < -0.4 is 5.32 Å². The number of nitrogens with one attached hydrogen (secondary N) is 1. The number of sulfone groups is 1. The van der Waals surface area contributed by atoms with Crippen molar-refractivity contribution in [3.05, 3.63) is 23.5 Å². The SMILES string of the molecule is O=C(COC(=O)Cc1cn2ccsc2n1)N[C@@H]1CCS(=O)(=O)C1. The Bertz CT molecular complexity index is 810. The Morgan fingerprint density at radius 3 is 3.00 bits per heavy atom. The fourth-order valence-corrected chi connectivity index (χ4v) is 4.78. The van der Waals surface area contributed by atoms with Gasteiger partial charge in [-0.1, -0.05) is 0 Å². The van der Waals surface area contributed by atoms with E-state index in [0.717, 1.165) is 4.96 Å². The number of fused-ring (bicyclic) bond motifs is 1. The molecule has 10 heteroatoms. The highest BCUT2D eigenvalue weighted by Crippen LogP contribution is 2.12. The smallest absolute Gasteiger partial charge is 0.312 e. The molecule has 0 aliphatic carbocycles. The van der Waals surface area contributed by atoms with Crippen LogP contribution in [0.5, 0.6) is 0 Å². The molecule has 1 N–H and O–H groups in total. The van der Waals surface area contributed by atoms with Crippen LogP contribution in [0.25, 0.3) is 4.96 Å². The van der Waals surface area contributed by atoms with E-state index in [1.54, 1.807) is 10.6 Å². The van der Waals surface area contributed by atoms with Crippen molar-refractivity contribution in [1.82, 2.24) is 14.7 Å². The van der Waals surface area contributed by atoms with Gasteiger partial charge in [-0.05, 0) is 6.42 Å². The lowest BCUT2D eigenvalue weighted by atomic mass is 10.2. The van der Waals surface area contributed by atoms with Gasteiger partial charge in [0.1, 0.15) is 0 Å². The first-order chi connectivity index (χ1) is 10.9. The summed E-state index contributed by atoms with van der Waals surface area (Å²) >= 11 is 1.46. The Morgan fingerprint density at radius 2 is 2.30 bits per heavy atom. The molecule has 124 valence electrons. The first kappa shape index (κ1) is 15.9. The molecule has 1 saturated heterocycles. The summed E-state index contributed by atoms with van der Waals surface area (Å²) in [7, 11) is -3.05. The number of hydrogen-bond acceptors (Lipinski definition) is 7. The second-order valence-corrected chi connectivity index (χ2v) is 8.43. The lowest BCUT2D eigenvalue weighted by Crippen LogP contribution is -2.38. The van der Waals surface area contributed by atoms with Crippen LogP contribution in [0, 0.1) is 0 Å². The first-order valence-electron chi connectivity index (χ1n) is 6.98. The Balaban J connectivity index is 1.43. The van der Waals surface area contributed by atoms with Crippen LogP contribution in [0.3, 0.4) is 0 Å². The molecule has 1 aliphatic heterocycles. The van der Waals surface area contributed by atoms with E-state index in [0.29, 0.717) is 12.1 Å². The highest BCUT2D eigenvalue weighted by Gasteiger charge is 2.29. The summed E-state index contributed by atoms with van der Waals surface area (Å²) in [6, 6.07) is -0.397. The third-order valence-electron chi connectivity index (χ3n) is 3.43. The number of hydrogen-bond donors (Lipinski definition) is 1. The maximum absolute atomic E-state index is 11.7. The van der Waals surface area contributed by atoms with Crippen LogP contribution in [0.2, 0.25) is 0 Å². The standard InChI is InChI=1S/C13H15N3O5S2/c17-11(14-9-1-4-23(19,20)8-9)7-21-12(18)5-10-6-16-2-3-22-13(16)15-10/h2-3,6,9H,1,4-5,7-8H2,(H,14,17)/t9-/m1/s1. The van der Waals surface area contributed by atoms with Crippen molar-refractivity contribution < 1.29 is 22.7 Å². The lowest BCUT2D eigenvalue weighted by Gasteiger charge is -2.10. The van der Waals surface area contributed by atoms with Crippen LogP contribution in [-0.4, -0.2) is 53.8 Å². The topological polar surface area (TPSA) is 107 Å². The Kier molecular flexibility index (Phi) is 4.35. The molecule has 8 nitrogen and oxygen atoms in total. The van der Waals surface area contributed by atoms with E-state index in [-0.39, 0.29) is 17.9 Å². The van der Waals surface area contributed by atoms with Crippen molar-refractivity contribution in [3.8, 4) is 0 Å². The fourth-order valence-electron chi connectivity index (χ4n) is 2.38. The molecule has 3 heterocycles. The molecule has 2 aromatic heterocycles. The highest BCUT2D eigenvalue weighted by molar-refractivity contribution is 7.91. The zero-order chi connectivity index (χ0) is 16.4. The largest absolute Gasteiger partial charge is 0.455 e. The summed E-state index contributed by atoms with van der Waals surface area (Å²) in [6.45, 7) is -0.419. The normalized spacial score (nSPS) is 19.7. The summed E-state index contributed by atoms with van der Waals surface area (Å²) in [5.74, 6) is -1.02. The molecule has 0 radical (unpaired) electrons. The molecule has 0 bridgehead atoms. The summed E-state index contributed by atoms with van der Waals surface area (Å²) < 4.78 is 29.3. The van der Waals surface area contributed by atoms with Gasteiger partial charge in [0.05, 0.1) is 23.6 Å². The minimum atomic E-state index is -3.05. The van der Waals surface area contributed by atoms with Gasteiger partial charge in [-0.3, -0.25) is 14.0 Å². The summed E-state index contributed by atoms with van der Waals surface area (Å²) in [4.78, 5) is 28.4. The van der Waals surface area contributed by atoms with Crippen LogP contribution >= 0.6 is 11.3 Å². The van der Waals surface area contributed by atoms with Crippen molar-refractivity contribution in [2.75, 3.05) is 18.1 Å². The predicted octanol–water partition coefficient (Wildman–Crippen LogP) is -0.215. The van der Waals surface area contributed by atoms with Gasteiger partial charge >= 0.3 is 5.97 Å². The number of aromatic nitrogens is 2. The summed E-state index contributed by atoms with van der Waals surface area (Å²) in [5, 5.41) is 4.44. The number of imidazole rings is 1. The number of carbonyl (C=O) groups excluding carboxylic acids is 2. The third kappa shape index (κ3) is 4.08. The number of carbonyl (C=O) groups is 2. The average Bonchev–Trinajstić information content (AvgIpc) is 3.11. The van der Waals surface area contributed by atoms with Gasteiger partial charge in [-0.15, -0.1) is 11.3 Å². The van der Waals surface area contributed by atoms with Gasteiger partial charge in [0.2, 0.25) is 0 Å². The molecular formula is C13H15N3O5S2. The Labute approximate surface area is 136 Å². The summed E-state index contributed by atoms with van der Waals surface area (Å²) in [5.41, 5.74) is 0.573. The molecule has 1 fully saturated rings. The number of ether oxygens (including phenoxy) is 1. The van der Waals surface area contributed by atoms with Crippen LogP contribution in [0.15, 0.2) is 17.8 Å². The molecule has 0 saturated carbocycles. The zero-order valence-corrected chi connectivity index (χ0v) is 13.7. The average molecular weight is 357 g/mol. The molecule has 0 spiro atoms.